The third kappa shape index (κ3) is 4.45. The Labute approximate surface area is 170 Å². The summed E-state index contributed by atoms with van der Waals surface area (Å²) in [5.74, 6) is 2.61. The molecule has 0 bridgehead atoms. The molecule has 3 aromatic rings. The Hall–Kier alpha value is -2.80. The Balaban J connectivity index is 1.28. The fourth-order valence-electron chi connectivity index (χ4n) is 3.82. The normalized spacial score (nSPS) is 16.2. The van der Waals surface area contributed by atoms with Gasteiger partial charge in [-0.2, -0.15) is 5.10 Å². The molecule has 1 saturated heterocycles. The second-order valence-corrected chi connectivity index (χ2v) is 7.59. The number of benzene rings is 2. The number of aromatic amines is 1. The summed E-state index contributed by atoms with van der Waals surface area (Å²) in [7, 11) is 1.66. The van der Waals surface area contributed by atoms with Gasteiger partial charge in [-0.1, -0.05) is 19.1 Å². The second kappa shape index (κ2) is 8.69. The molecular formula is C22H27FN4O2. The smallest absolute Gasteiger partial charge is 0.161 e. The van der Waals surface area contributed by atoms with Crippen LogP contribution in [0.1, 0.15) is 6.92 Å². The van der Waals surface area contributed by atoms with Crippen LogP contribution in [0.2, 0.25) is 0 Å². The molecule has 1 atom stereocenters. The highest BCUT2D eigenvalue weighted by molar-refractivity contribution is 5.90. The molecule has 0 saturated carbocycles. The van der Waals surface area contributed by atoms with Crippen LogP contribution in [-0.4, -0.2) is 61.5 Å². The number of para-hydroxylation sites is 2. The summed E-state index contributed by atoms with van der Waals surface area (Å²) in [6.07, 6.45) is 0. The van der Waals surface area contributed by atoms with Crippen molar-refractivity contribution in [2.45, 2.75) is 6.92 Å². The second-order valence-electron chi connectivity index (χ2n) is 7.59. The van der Waals surface area contributed by atoms with E-state index in [2.05, 4.69) is 26.9 Å². The first-order valence-electron chi connectivity index (χ1n) is 10.0. The third-order valence-corrected chi connectivity index (χ3v) is 5.34. The first kappa shape index (κ1) is 19.5. The zero-order valence-electron chi connectivity index (χ0n) is 16.9. The number of hydrogen-bond donors (Lipinski definition) is 1. The summed E-state index contributed by atoms with van der Waals surface area (Å²) in [5, 5.41) is 8.32. The Bertz CT molecular complexity index is 953. The molecule has 2 aromatic carbocycles. The van der Waals surface area contributed by atoms with Gasteiger partial charge in [0.2, 0.25) is 0 Å². The van der Waals surface area contributed by atoms with Crippen LogP contribution >= 0.6 is 0 Å². The van der Waals surface area contributed by atoms with Gasteiger partial charge in [0.15, 0.2) is 17.3 Å². The van der Waals surface area contributed by atoms with E-state index in [9.17, 15) is 4.39 Å². The summed E-state index contributed by atoms with van der Waals surface area (Å²) in [4.78, 5) is 4.73. The van der Waals surface area contributed by atoms with Gasteiger partial charge in [0.05, 0.1) is 19.2 Å². The van der Waals surface area contributed by atoms with Crippen LogP contribution in [0.5, 0.6) is 11.5 Å². The number of halogens is 1. The molecule has 7 heteroatoms. The number of hydrogen-bond acceptors (Lipinski definition) is 5. The number of nitrogens with one attached hydrogen (secondary N) is 1. The van der Waals surface area contributed by atoms with Gasteiger partial charge in [-0.05, 0) is 30.3 Å². The Morgan fingerprint density at radius 1 is 1.10 bits per heavy atom. The SMILES string of the molecule is COc1ccccc1OCC(C)CN1CCN(c2n[nH]c3cc(F)ccc23)CC1. The van der Waals surface area contributed by atoms with Gasteiger partial charge in [-0.15, -0.1) is 0 Å². The fraction of sp³-hybridized carbons (Fsp3) is 0.409. The van der Waals surface area contributed by atoms with E-state index in [0.717, 1.165) is 60.9 Å². The van der Waals surface area contributed by atoms with E-state index in [-0.39, 0.29) is 5.82 Å². The molecule has 4 rings (SSSR count). The average Bonchev–Trinajstić information content (AvgIpc) is 3.16. The molecule has 1 N–H and O–H groups in total. The van der Waals surface area contributed by atoms with Crippen molar-refractivity contribution < 1.29 is 13.9 Å². The van der Waals surface area contributed by atoms with Crippen LogP contribution in [0.25, 0.3) is 10.9 Å². The first-order chi connectivity index (χ1) is 14.1. The highest BCUT2D eigenvalue weighted by atomic mass is 19.1. The molecule has 1 aromatic heterocycles. The molecule has 1 aliphatic heterocycles. The number of aromatic nitrogens is 2. The number of H-pyrrole nitrogens is 1. The van der Waals surface area contributed by atoms with Gasteiger partial charge < -0.3 is 14.4 Å². The van der Waals surface area contributed by atoms with E-state index in [1.807, 2.05) is 24.3 Å². The number of methoxy groups -OCH3 is 1. The van der Waals surface area contributed by atoms with Crippen molar-refractivity contribution in [3.05, 3.63) is 48.3 Å². The van der Waals surface area contributed by atoms with Gasteiger partial charge in [-0.3, -0.25) is 10.00 Å². The quantitative estimate of drug-likeness (QED) is 0.660. The molecule has 0 radical (unpaired) electrons. The maximum atomic E-state index is 13.4. The molecule has 0 aliphatic carbocycles. The number of ether oxygens (including phenoxy) is 2. The van der Waals surface area contributed by atoms with Gasteiger partial charge in [0, 0.05) is 44.0 Å². The van der Waals surface area contributed by atoms with Crippen molar-refractivity contribution in [3.8, 4) is 11.5 Å². The molecular weight excluding hydrogens is 371 g/mol. The van der Waals surface area contributed by atoms with Crippen LogP contribution in [-0.2, 0) is 0 Å². The molecule has 2 heterocycles. The van der Waals surface area contributed by atoms with Gasteiger partial charge >= 0.3 is 0 Å². The summed E-state index contributed by atoms with van der Waals surface area (Å²) < 4.78 is 24.7. The van der Waals surface area contributed by atoms with Crippen LogP contribution in [0.15, 0.2) is 42.5 Å². The Morgan fingerprint density at radius 2 is 1.86 bits per heavy atom. The van der Waals surface area contributed by atoms with E-state index in [1.165, 1.54) is 12.1 Å². The van der Waals surface area contributed by atoms with E-state index >= 15 is 0 Å². The van der Waals surface area contributed by atoms with Gasteiger partial charge in [0.25, 0.3) is 0 Å². The Morgan fingerprint density at radius 3 is 2.62 bits per heavy atom. The van der Waals surface area contributed by atoms with Gasteiger partial charge in [0.1, 0.15) is 5.82 Å². The lowest BCUT2D eigenvalue weighted by Gasteiger charge is -2.36. The molecule has 0 spiro atoms. The lowest BCUT2D eigenvalue weighted by molar-refractivity contribution is 0.176. The van der Waals surface area contributed by atoms with Crippen LogP contribution < -0.4 is 14.4 Å². The van der Waals surface area contributed by atoms with E-state index in [0.29, 0.717) is 12.5 Å². The first-order valence-corrected chi connectivity index (χ1v) is 10.0. The van der Waals surface area contributed by atoms with Crippen molar-refractivity contribution in [1.82, 2.24) is 15.1 Å². The molecule has 6 nitrogen and oxygen atoms in total. The standard InChI is InChI=1S/C22H27FN4O2/c1-16(15-29-21-6-4-3-5-20(21)28-2)14-26-9-11-27(12-10-26)22-18-8-7-17(23)13-19(18)24-25-22/h3-8,13,16H,9-12,14-15H2,1-2H3,(H,24,25). The number of piperazine rings is 1. The minimum absolute atomic E-state index is 0.248. The summed E-state index contributed by atoms with van der Waals surface area (Å²) in [6, 6.07) is 12.5. The van der Waals surface area contributed by atoms with E-state index in [4.69, 9.17) is 9.47 Å². The third-order valence-electron chi connectivity index (χ3n) is 5.34. The van der Waals surface area contributed by atoms with Crippen LogP contribution in [0.3, 0.4) is 0 Å². The largest absolute Gasteiger partial charge is 0.493 e. The highest BCUT2D eigenvalue weighted by Crippen LogP contribution is 2.27. The van der Waals surface area contributed by atoms with Crippen molar-refractivity contribution in [3.63, 3.8) is 0 Å². The lowest BCUT2D eigenvalue weighted by Crippen LogP contribution is -2.48. The number of nitrogens with zero attached hydrogens (tertiary/aromatic N) is 3. The summed E-state index contributed by atoms with van der Waals surface area (Å²) in [6.45, 7) is 7.57. The molecule has 1 aliphatic rings. The van der Waals surface area contributed by atoms with Crippen molar-refractivity contribution in [2.24, 2.45) is 5.92 Å². The molecule has 1 unspecified atom stereocenters. The van der Waals surface area contributed by atoms with Crippen LogP contribution in [0, 0.1) is 11.7 Å². The zero-order chi connectivity index (χ0) is 20.2. The summed E-state index contributed by atoms with van der Waals surface area (Å²) in [5.41, 5.74) is 0.740. The van der Waals surface area contributed by atoms with Crippen molar-refractivity contribution in [2.75, 3.05) is 51.3 Å². The predicted molar refractivity (Wildman–Crippen MR) is 112 cm³/mol. The molecule has 29 heavy (non-hydrogen) atoms. The van der Waals surface area contributed by atoms with Gasteiger partial charge in [-0.25, -0.2) is 4.39 Å². The minimum Gasteiger partial charge on any atom is -0.493 e. The van der Waals surface area contributed by atoms with Crippen LogP contribution in [0.4, 0.5) is 10.2 Å². The average molecular weight is 398 g/mol. The lowest BCUT2D eigenvalue weighted by atomic mass is 10.1. The topological polar surface area (TPSA) is 53.6 Å². The monoisotopic (exact) mass is 398 g/mol. The predicted octanol–water partition coefficient (Wildman–Crippen LogP) is 3.55. The number of fused-ring (bicyclic) bond motifs is 1. The maximum Gasteiger partial charge on any atom is 0.161 e. The maximum absolute atomic E-state index is 13.4. The fourth-order valence-corrected chi connectivity index (χ4v) is 3.82. The highest BCUT2D eigenvalue weighted by Gasteiger charge is 2.22. The zero-order valence-corrected chi connectivity index (χ0v) is 16.9. The van der Waals surface area contributed by atoms with Crippen molar-refractivity contribution >= 4 is 16.7 Å². The molecule has 0 amide bonds. The number of anilines is 1. The minimum atomic E-state index is -0.248. The summed E-state index contributed by atoms with van der Waals surface area (Å²) >= 11 is 0. The van der Waals surface area contributed by atoms with E-state index < -0.39 is 0 Å². The van der Waals surface area contributed by atoms with E-state index in [1.54, 1.807) is 13.2 Å². The Kier molecular flexibility index (Phi) is 5.85. The molecule has 1 fully saturated rings. The molecule has 154 valence electrons. The number of rotatable bonds is 7. The van der Waals surface area contributed by atoms with Crippen molar-refractivity contribution in [1.29, 1.82) is 0 Å².